The lowest BCUT2D eigenvalue weighted by molar-refractivity contribution is -0.122. The van der Waals surface area contributed by atoms with Gasteiger partial charge in [0.1, 0.15) is 0 Å². The van der Waals surface area contributed by atoms with Crippen LogP contribution in [-0.4, -0.2) is 69.7 Å². The van der Waals surface area contributed by atoms with Crippen LogP contribution in [0.25, 0.3) is 0 Å². The zero-order valence-electron chi connectivity index (χ0n) is 15.8. The molecule has 1 unspecified atom stereocenters. The summed E-state index contributed by atoms with van der Waals surface area (Å²) in [4.78, 5) is 26.2. The molecule has 154 valence electrons. The minimum Gasteiger partial charge on any atom is -0.378 e. The summed E-state index contributed by atoms with van der Waals surface area (Å²) in [5, 5.41) is 9.04. The summed E-state index contributed by atoms with van der Waals surface area (Å²) < 4.78 is 5.34. The van der Waals surface area contributed by atoms with Crippen molar-refractivity contribution < 1.29 is 14.3 Å². The lowest BCUT2D eigenvalue weighted by Gasteiger charge is -2.23. The Morgan fingerprint density at radius 3 is 2.70 bits per heavy atom. The molecule has 0 aliphatic carbocycles. The van der Waals surface area contributed by atoms with Crippen molar-refractivity contribution in [3.05, 3.63) is 35.4 Å². The van der Waals surface area contributed by atoms with E-state index in [1.165, 1.54) is 0 Å². The standard InChI is InChI=1S/C18H28N4O3.2ClH/c1-22(2)8-6-20-18(24)15-5-3-4-14(10-15)12-21-17(23)11-16-13-25-9-7-19-16;;/h3-5,10,16,19H,6-9,11-13H2,1-2H3,(H,20,24)(H,21,23);2*1H. The quantitative estimate of drug-likeness (QED) is 0.579. The van der Waals surface area contributed by atoms with Crippen molar-refractivity contribution in [1.82, 2.24) is 20.9 Å². The van der Waals surface area contributed by atoms with Gasteiger partial charge in [0.15, 0.2) is 0 Å². The normalized spacial score (nSPS) is 16.0. The summed E-state index contributed by atoms with van der Waals surface area (Å²) in [6, 6.07) is 7.40. The molecular weight excluding hydrogens is 391 g/mol. The van der Waals surface area contributed by atoms with Gasteiger partial charge >= 0.3 is 0 Å². The van der Waals surface area contributed by atoms with Crippen molar-refractivity contribution in [3.63, 3.8) is 0 Å². The molecule has 27 heavy (non-hydrogen) atoms. The highest BCUT2D eigenvalue weighted by Gasteiger charge is 2.16. The van der Waals surface area contributed by atoms with E-state index in [4.69, 9.17) is 4.74 Å². The average molecular weight is 421 g/mol. The second-order valence-electron chi connectivity index (χ2n) is 6.47. The van der Waals surface area contributed by atoms with Gasteiger partial charge in [0.2, 0.25) is 5.91 Å². The van der Waals surface area contributed by atoms with Crippen LogP contribution < -0.4 is 16.0 Å². The zero-order valence-corrected chi connectivity index (χ0v) is 17.5. The first-order chi connectivity index (χ1) is 12.0. The number of nitrogens with zero attached hydrogens (tertiary/aromatic N) is 1. The molecule has 0 saturated carbocycles. The fraction of sp³-hybridized carbons (Fsp3) is 0.556. The summed E-state index contributed by atoms with van der Waals surface area (Å²) in [7, 11) is 3.93. The lowest BCUT2D eigenvalue weighted by atomic mass is 10.1. The number of morpholine rings is 1. The Morgan fingerprint density at radius 1 is 1.26 bits per heavy atom. The van der Waals surface area contributed by atoms with Gasteiger partial charge in [-0.3, -0.25) is 9.59 Å². The molecule has 1 aliphatic heterocycles. The number of likely N-dealkylation sites (N-methyl/N-ethyl adjacent to an activating group) is 1. The SMILES string of the molecule is CN(C)CCNC(=O)c1cccc(CNC(=O)CC2COCCN2)c1.Cl.Cl. The van der Waals surface area contributed by atoms with Crippen LogP contribution >= 0.6 is 24.8 Å². The van der Waals surface area contributed by atoms with E-state index in [1.54, 1.807) is 6.07 Å². The third-order valence-electron chi connectivity index (χ3n) is 3.95. The second kappa shape index (κ2) is 13.7. The number of nitrogens with one attached hydrogen (secondary N) is 3. The Balaban J connectivity index is 0.00000338. The van der Waals surface area contributed by atoms with Crippen LogP contribution in [0.15, 0.2) is 24.3 Å². The summed E-state index contributed by atoms with van der Waals surface area (Å²) in [6.07, 6.45) is 0.394. The third kappa shape index (κ3) is 9.93. The van der Waals surface area contributed by atoms with Gasteiger partial charge in [-0.05, 0) is 31.8 Å². The van der Waals surface area contributed by atoms with Gasteiger partial charge in [0.25, 0.3) is 5.91 Å². The highest BCUT2D eigenvalue weighted by atomic mass is 35.5. The van der Waals surface area contributed by atoms with E-state index in [0.717, 1.165) is 18.7 Å². The molecule has 1 aromatic rings. The molecule has 2 amide bonds. The van der Waals surface area contributed by atoms with E-state index in [0.29, 0.717) is 38.3 Å². The van der Waals surface area contributed by atoms with Crippen molar-refractivity contribution >= 4 is 36.6 Å². The van der Waals surface area contributed by atoms with Crippen molar-refractivity contribution in [2.45, 2.75) is 19.0 Å². The Hall–Kier alpha value is -1.38. The molecule has 0 aromatic heterocycles. The third-order valence-corrected chi connectivity index (χ3v) is 3.95. The summed E-state index contributed by atoms with van der Waals surface area (Å²) in [5.41, 5.74) is 1.51. The van der Waals surface area contributed by atoms with Crippen LogP contribution in [0.1, 0.15) is 22.3 Å². The first kappa shape index (κ1) is 25.6. The number of hydrogen-bond acceptors (Lipinski definition) is 5. The number of carbonyl (C=O) groups excluding carboxylic acids is 2. The molecule has 1 aliphatic rings. The van der Waals surface area contributed by atoms with Crippen LogP contribution in [0.5, 0.6) is 0 Å². The van der Waals surface area contributed by atoms with E-state index >= 15 is 0 Å². The van der Waals surface area contributed by atoms with Gasteiger partial charge in [0, 0.05) is 44.2 Å². The Bertz CT molecular complexity index is 581. The second-order valence-corrected chi connectivity index (χ2v) is 6.47. The molecule has 0 bridgehead atoms. The largest absolute Gasteiger partial charge is 0.378 e. The zero-order chi connectivity index (χ0) is 18.1. The molecule has 1 atom stereocenters. The molecule has 1 saturated heterocycles. The van der Waals surface area contributed by atoms with E-state index in [1.807, 2.05) is 37.2 Å². The van der Waals surface area contributed by atoms with Crippen LogP contribution in [0.4, 0.5) is 0 Å². The van der Waals surface area contributed by atoms with Crippen molar-refractivity contribution in [2.24, 2.45) is 0 Å². The molecule has 9 heteroatoms. The fourth-order valence-corrected chi connectivity index (χ4v) is 2.57. The van der Waals surface area contributed by atoms with Crippen LogP contribution in [-0.2, 0) is 16.1 Å². The molecule has 3 N–H and O–H groups in total. The van der Waals surface area contributed by atoms with Gasteiger partial charge < -0.3 is 25.6 Å². The van der Waals surface area contributed by atoms with Crippen molar-refractivity contribution in [1.29, 1.82) is 0 Å². The number of benzene rings is 1. The predicted octanol–water partition coefficient (Wildman–Crippen LogP) is 0.816. The topological polar surface area (TPSA) is 82.7 Å². The predicted molar refractivity (Wildman–Crippen MR) is 111 cm³/mol. The maximum absolute atomic E-state index is 12.1. The van der Waals surface area contributed by atoms with E-state index in [-0.39, 0.29) is 42.7 Å². The van der Waals surface area contributed by atoms with Crippen LogP contribution in [0, 0.1) is 0 Å². The Labute approximate surface area is 173 Å². The molecule has 1 aromatic carbocycles. The van der Waals surface area contributed by atoms with Gasteiger partial charge in [-0.1, -0.05) is 12.1 Å². The van der Waals surface area contributed by atoms with Crippen molar-refractivity contribution in [2.75, 3.05) is 46.9 Å². The minimum absolute atomic E-state index is 0. The Morgan fingerprint density at radius 2 is 2.04 bits per heavy atom. The molecule has 1 fully saturated rings. The highest BCUT2D eigenvalue weighted by Crippen LogP contribution is 2.06. The van der Waals surface area contributed by atoms with Gasteiger partial charge in [-0.2, -0.15) is 0 Å². The molecule has 7 nitrogen and oxygen atoms in total. The van der Waals surface area contributed by atoms with Gasteiger partial charge in [0.05, 0.1) is 13.2 Å². The number of carbonyl (C=O) groups is 2. The fourth-order valence-electron chi connectivity index (χ4n) is 2.57. The number of halogens is 2. The molecule has 1 heterocycles. The number of amides is 2. The van der Waals surface area contributed by atoms with E-state index < -0.39 is 0 Å². The number of rotatable bonds is 8. The highest BCUT2D eigenvalue weighted by molar-refractivity contribution is 5.94. The van der Waals surface area contributed by atoms with E-state index in [2.05, 4.69) is 16.0 Å². The Kier molecular flexibility index (Phi) is 13.0. The number of ether oxygens (including phenoxy) is 1. The van der Waals surface area contributed by atoms with Crippen LogP contribution in [0.3, 0.4) is 0 Å². The average Bonchev–Trinajstić information content (AvgIpc) is 2.61. The van der Waals surface area contributed by atoms with Crippen molar-refractivity contribution in [3.8, 4) is 0 Å². The maximum Gasteiger partial charge on any atom is 0.251 e. The monoisotopic (exact) mass is 420 g/mol. The first-order valence-corrected chi connectivity index (χ1v) is 8.64. The maximum atomic E-state index is 12.1. The summed E-state index contributed by atoms with van der Waals surface area (Å²) in [5.74, 6) is -0.123. The van der Waals surface area contributed by atoms with E-state index in [9.17, 15) is 9.59 Å². The summed E-state index contributed by atoms with van der Waals surface area (Å²) >= 11 is 0. The van der Waals surface area contributed by atoms with Crippen LogP contribution in [0.2, 0.25) is 0 Å². The summed E-state index contributed by atoms with van der Waals surface area (Å²) in [6.45, 7) is 3.84. The van der Waals surface area contributed by atoms with Gasteiger partial charge in [-0.15, -0.1) is 24.8 Å². The first-order valence-electron chi connectivity index (χ1n) is 8.64. The minimum atomic E-state index is -0.0985. The molecule has 0 radical (unpaired) electrons. The number of hydrogen-bond donors (Lipinski definition) is 3. The lowest BCUT2D eigenvalue weighted by Crippen LogP contribution is -2.44. The molecule has 0 spiro atoms. The molecular formula is C18H30Cl2N4O3. The van der Waals surface area contributed by atoms with Gasteiger partial charge in [-0.25, -0.2) is 0 Å². The molecule has 2 rings (SSSR count). The smallest absolute Gasteiger partial charge is 0.251 e.